The van der Waals surface area contributed by atoms with E-state index in [2.05, 4.69) is 5.32 Å². The molecule has 0 saturated carbocycles. The Morgan fingerprint density at radius 2 is 1.44 bits per heavy atom. The summed E-state index contributed by atoms with van der Waals surface area (Å²) in [5.41, 5.74) is 3.35. The number of carbonyl (C=O) groups is 2. The summed E-state index contributed by atoms with van der Waals surface area (Å²) in [6, 6.07) is 14.0. The minimum Gasteiger partial charge on any atom is -0.352 e. The first kappa shape index (κ1) is 27.4. The quantitative estimate of drug-likeness (QED) is 0.522. The number of nitrogens with one attached hydrogen (secondary N) is 1. The van der Waals surface area contributed by atoms with E-state index in [1.807, 2.05) is 58.9 Å². The van der Waals surface area contributed by atoms with Crippen LogP contribution in [0.3, 0.4) is 0 Å². The van der Waals surface area contributed by atoms with Gasteiger partial charge in [0.2, 0.25) is 21.8 Å². The molecule has 2 amide bonds. The monoisotopic (exact) mass is 487 g/mol. The average molecular weight is 488 g/mol. The Bertz CT molecular complexity index is 1070. The molecule has 2 rings (SSSR count). The first-order valence-corrected chi connectivity index (χ1v) is 13.5. The van der Waals surface area contributed by atoms with Crippen molar-refractivity contribution in [2.24, 2.45) is 0 Å². The molecule has 2 atom stereocenters. The van der Waals surface area contributed by atoms with E-state index in [0.717, 1.165) is 33.7 Å². The number of sulfonamides is 1. The molecule has 0 saturated heterocycles. The first-order valence-electron chi connectivity index (χ1n) is 11.7. The largest absolute Gasteiger partial charge is 0.352 e. The molecule has 0 aliphatic carbocycles. The van der Waals surface area contributed by atoms with Crippen LogP contribution in [0.25, 0.3) is 0 Å². The molecule has 0 radical (unpaired) electrons. The molecule has 0 spiro atoms. The number of anilines is 1. The number of aryl methyl sites for hydroxylation is 2. The molecule has 2 aromatic carbocycles. The summed E-state index contributed by atoms with van der Waals surface area (Å²) in [5.74, 6) is -0.670. The molecule has 0 aromatic heterocycles. The number of nitrogens with zero attached hydrogens (tertiary/aromatic N) is 2. The second-order valence-electron chi connectivity index (χ2n) is 8.85. The van der Waals surface area contributed by atoms with Crippen LogP contribution in [0.5, 0.6) is 0 Å². The number of hydrogen-bond donors (Lipinski definition) is 1. The summed E-state index contributed by atoms with van der Waals surface area (Å²) in [6.07, 6.45) is 2.25. The zero-order chi connectivity index (χ0) is 25.5. The van der Waals surface area contributed by atoms with Crippen molar-refractivity contribution >= 4 is 27.5 Å². The molecule has 0 bridgehead atoms. The number of rotatable bonds is 11. The van der Waals surface area contributed by atoms with E-state index in [-0.39, 0.29) is 25.0 Å². The van der Waals surface area contributed by atoms with E-state index in [9.17, 15) is 18.0 Å². The standard InChI is InChI=1S/C26H37N3O4S/c1-7-21(5)27-26(31)24(8-2)28(17-22-13-9-19(3)10-14-22)25(30)18-29(34(6,32)33)23-15-11-20(4)12-16-23/h9-16,21,24H,7-8,17-18H2,1-6H3,(H,27,31)/t21-,24-/m0/s1. The highest BCUT2D eigenvalue weighted by Crippen LogP contribution is 2.20. The fourth-order valence-corrected chi connectivity index (χ4v) is 4.43. The van der Waals surface area contributed by atoms with Crippen LogP contribution in [0.2, 0.25) is 0 Å². The maximum absolute atomic E-state index is 13.6. The van der Waals surface area contributed by atoms with Gasteiger partial charge in [-0.2, -0.15) is 0 Å². The van der Waals surface area contributed by atoms with Crippen molar-refractivity contribution in [1.29, 1.82) is 0 Å². The third-order valence-corrected chi connectivity index (χ3v) is 7.00. The Balaban J connectivity index is 2.41. The van der Waals surface area contributed by atoms with Gasteiger partial charge in [-0.3, -0.25) is 13.9 Å². The third kappa shape index (κ3) is 7.58. The van der Waals surface area contributed by atoms with Crippen LogP contribution in [0, 0.1) is 13.8 Å². The molecule has 7 nitrogen and oxygen atoms in total. The Labute approximate surface area is 204 Å². The van der Waals surface area contributed by atoms with Gasteiger partial charge in [0.25, 0.3) is 0 Å². The van der Waals surface area contributed by atoms with Gasteiger partial charge in [0.1, 0.15) is 12.6 Å². The van der Waals surface area contributed by atoms with Crippen LogP contribution in [-0.4, -0.2) is 50.0 Å². The zero-order valence-corrected chi connectivity index (χ0v) is 21.9. The van der Waals surface area contributed by atoms with E-state index < -0.39 is 22.0 Å². The van der Waals surface area contributed by atoms with Crippen LogP contribution in [-0.2, 0) is 26.2 Å². The van der Waals surface area contributed by atoms with Crippen LogP contribution in [0.1, 0.15) is 50.3 Å². The van der Waals surface area contributed by atoms with E-state index in [4.69, 9.17) is 0 Å². The van der Waals surface area contributed by atoms with Gasteiger partial charge in [0.15, 0.2) is 0 Å². The highest BCUT2D eigenvalue weighted by molar-refractivity contribution is 7.92. The van der Waals surface area contributed by atoms with E-state index in [0.29, 0.717) is 12.1 Å². The van der Waals surface area contributed by atoms with Crippen LogP contribution in [0.4, 0.5) is 5.69 Å². The Hall–Kier alpha value is -2.87. The summed E-state index contributed by atoms with van der Waals surface area (Å²) < 4.78 is 26.3. The summed E-state index contributed by atoms with van der Waals surface area (Å²) in [7, 11) is -3.73. The molecule has 186 valence electrons. The van der Waals surface area contributed by atoms with Gasteiger partial charge in [-0.05, 0) is 51.3 Å². The van der Waals surface area contributed by atoms with Gasteiger partial charge in [-0.15, -0.1) is 0 Å². The normalized spacial score (nSPS) is 13.1. The Morgan fingerprint density at radius 1 is 0.912 bits per heavy atom. The molecular formula is C26H37N3O4S. The van der Waals surface area contributed by atoms with Crippen molar-refractivity contribution in [3.05, 3.63) is 65.2 Å². The summed E-state index contributed by atoms with van der Waals surface area (Å²) in [5, 5.41) is 2.97. The SMILES string of the molecule is CC[C@H](C)NC(=O)[C@H](CC)N(Cc1ccc(C)cc1)C(=O)CN(c1ccc(C)cc1)S(C)(=O)=O. The molecule has 0 aliphatic heterocycles. The van der Waals surface area contributed by atoms with Crippen molar-refractivity contribution in [1.82, 2.24) is 10.2 Å². The molecule has 0 unspecified atom stereocenters. The molecule has 0 aliphatic rings. The summed E-state index contributed by atoms with van der Waals surface area (Å²) in [4.78, 5) is 28.2. The first-order chi connectivity index (χ1) is 16.0. The molecule has 1 N–H and O–H groups in total. The minimum absolute atomic E-state index is 0.0297. The topological polar surface area (TPSA) is 86.8 Å². The fraction of sp³-hybridized carbons (Fsp3) is 0.462. The molecule has 8 heteroatoms. The van der Waals surface area contributed by atoms with Crippen molar-refractivity contribution in [3.8, 4) is 0 Å². The van der Waals surface area contributed by atoms with Crippen molar-refractivity contribution in [2.45, 2.75) is 66.1 Å². The average Bonchev–Trinajstić information content (AvgIpc) is 2.78. The Kier molecular flexibility index (Phi) is 9.67. The lowest BCUT2D eigenvalue weighted by Crippen LogP contribution is -2.53. The number of carbonyl (C=O) groups excluding carboxylic acids is 2. The van der Waals surface area contributed by atoms with Crippen LogP contribution in [0.15, 0.2) is 48.5 Å². The second-order valence-corrected chi connectivity index (χ2v) is 10.8. The number of hydrogen-bond acceptors (Lipinski definition) is 4. The third-order valence-electron chi connectivity index (χ3n) is 5.86. The molecule has 34 heavy (non-hydrogen) atoms. The predicted molar refractivity (Wildman–Crippen MR) is 137 cm³/mol. The number of amides is 2. The van der Waals surface area contributed by atoms with Gasteiger partial charge in [0, 0.05) is 12.6 Å². The number of benzene rings is 2. The second kappa shape index (κ2) is 12.0. The molecule has 0 fully saturated rings. The summed E-state index contributed by atoms with van der Waals surface area (Å²) in [6.45, 7) is 9.45. The van der Waals surface area contributed by atoms with Gasteiger partial charge in [0.05, 0.1) is 11.9 Å². The molecular weight excluding hydrogens is 450 g/mol. The molecule has 2 aromatic rings. The van der Waals surface area contributed by atoms with Gasteiger partial charge >= 0.3 is 0 Å². The fourth-order valence-electron chi connectivity index (χ4n) is 3.58. The van der Waals surface area contributed by atoms with Crippen LogP contribution >= 0.6 is 0 Å². The van der Waals surface area contributed by atoms with E-state index in [1.54, 1.807) is 24.3 Å². The highest BCUT2D eigenvalue weighted by Gasteiger charge is 2.32. The highest BCUT2D eigenvalue weighted by atomic mass is 32.2. The van der Waals surface area contributed by atoms with Crippen LogP contribution < -0.4 is 9.62 Å². The predicted octanol–water partition coefficient (Wildman–Crippen LogP) is 3.79. The smallest absolute Gasteiger partial charge is 0.244 e. The molecule has 0 heterocycles. The van der Waals surface area contributed by atoms with Crippen molar-refractivity contribution in [2.75, 3.05) is 17.1 Å². The van der Waals surface area contributed by atoms with Crippen molar-refractivity contribution in [3.63, 3.8) is 0 Å². The van der Waals surface area contributed by atoms with E-state index in [1.165, 1.54) is 4.90 Å². The summed E-state index contributed by atoms with van der Waals surface area (Å²) >= 11 is 0. The Morgan fingerprint density at radius 3 is 1.91 bits per heavy atom. The zero-order valence-electron chi connectivity index (χ0n) is 21.0. The van der Waals surface area contributed by atoms with Crippen molar-refractivity contribution < 1.29 is 18.0 Å². The van der Waals surface area contributed by atoms with Gasteiger partial charge in [-0.25, -0.2) is 8.42 Å². The lowest BCUT2D eigenvalue weighted by molar-refractivity contribution is -0.140. The van der Waals surface area contributed by atoms with Gasteiger partial charge < -0.3 is 10.2 Å². The lowest BCUT2D eigenvalue weighted by Gasteiger charge is -2.33. The maximum Gasteiger partial charge on any atom is 0.244 e. The van der Waals surface area contributed by atoms with Gasteiger partial charge in [-0.1, -0.05) is 61.4 Å². The minimum atomic E-state index is -3.73. The van der Waals surface area contributed by atoms with E-state index >= 15 is 0 Å². The maximum atomic E-state index is 13.6. The lowest BCUT2D eigenvalue weighted by atomic mass is 10.1.